The van der Waals surface area contributed by atoms with Gasteiger partial charge in [-0.1, -0.05) is 72.8 Å². The Hall–Kier alpha value is -2.58. The first kappa shape index (κ1) is 15.0. The number of hydrogen-bond donors (Lipinski definition) is 1. The number of hydrogen-bond acceptors (Lipinski definition) is 2. The van der Waals surface area contributed by atoms with Gasteiger partial charge in [-0.3, -0.25) is 0 Å². The highest BCUT2D eigenvalue weighted by atomic mass is 16.5. The molecule has 3 aromatic carbocycles. The first-order valence-electron chi connectivity index (χ1n) is 8.50. The van der Waals surface area contributed by atoms with E-state index in [1.54, 1.807) is 0 Å². The van der Waals surface area contributed by atoms with Gasteiger partial charge in [0.2, 0.25) is 0 Å². The summed E-state index contributed by atoms with van der Waals surface area (Å²) >= 11 is 0. The van der Waals surface area contributed by atoms with Gasteiger partial charge in [0.25, 0.3) is 0 Å². The summed E-state index contributed by atoms with van der Waals surface area (Å²) in [7, 11) is 0. The van der Waals surface area contributed by atoms with E-state index < -0.39 is 0 Å². The lowest BCUT2D eigenvalue weighted by Gasteiger charge is -2.27. The number of nitrogens with two attached hydrogens (primary N) is 1. The van der Waals surface area contributed by atoms with Crippen molar-refractivity contribution in [2.24, 2.45) is 5.73 Å². The van der Waals surface area contributed by atoms with E-state index in [0.29, 0.717) is 6.54 Å². The molecule has 2 N–H and O–H groups in total. The quantitative estimate of drug-likeness (QED) is 0.762. The molecule has 0 saturated carbocycles. The molecule has 1 aliphatic heterocycles. The first-order valence-corrected chi connectivity index (χ1v) is 8.50. The molecule has 2 nitrogen and oxygen atoms in total. The van der Waals surface area contributed by atoms with Crippen molar-refractivity contribution in [1.29, 1.82) is 0 Å². The van der Waals surface area contributed by atoms with E-state index in [1.807, 2.05) is 6.07 Å². The fraction of sp³-hybridized carbons (Fsp3) is 0.182. The average Bonchev–Trinajstić information content (AvgIpc) is 2.68. The SMILES string of the molecule is NC[C@H]1CCc2cccc(-c3ccccc3-c3ccccc3)c2O1. The molecule has 0 bridgehead atoms. The molecule has 0 unspecified atom stereocenters. The van der Waals surface area contributed by atoms with E-state index in [1.165, 1.54) is 22.3 Å². The lowest BCUT2D eigenvalue weighted by atomic mass is 9.91. The van der Waals surface area contributed by atoms with Gasteiger partial charge >= 0.3 is 0 Å². The van der Waals surface area contributed by atoms with Gasteiger partial charge in [-0.05, 0) is 35.1 Å². The third-order valence-electron chi connectivity index (χ3n) is 4.68. The fourth-order valence-corrected chi connectivity index (χ4v) is 3.43. The van der Waals surface area contributed by atoms with E-state index >= 15 is 0 Å². The standard InChI is InChI=1S/C22H21NO/c23-15-18-14-13-17-9-6-12-21(22(17)24-18)20-11-5-4-10-19(20)16-7-2-1-3-8-16/h1-12,18H,13-15,23H2/t18-/m1/s1. The summed E-state index contributed by atoms with van der Waals surface area (Å²) < 4.78 is 6.23. The summed E-state index contributed by atoms with van der Waals surface area (Å²) in [5.41, 5.74) is 11.9. The minimum absolute atomic E-state index is 0.113. The Balaban J connectivity index is 1.87. The highest BCUT2D eigenvalue weighted by Gasteiger charge is 2.22. The number of ether oxygens (including phenoxy) is 1. The highest BCUT2D eigenvalue weighted by Crippen LogP contribution is 2.41. The number of rotatable bonds is 3. The summed E-state index contributed by atoms with van der Waals surface area (Å²) in [5, 5.41) is 0. The summed E-state index contributed by atoms with van der Waals surface area (Å²) in [6.45, 7) is 0.564. The Labute approximate surface area is 142 Å². The monoisotopic (exact) mass is 315 g/mol. The topological polar surface area (TPSA) is 35.2 Å². The molecule has 1 atom stereocenters. The van der Waals surface area contributed by atoms with Crippen LogP contribution in [0.1, 0.15) is 12.0 Å². The Kier molecular flexibility index (Phi) is 4.06. The van der Waals surface area contributed by atoms with E-state index in [-0.39, 0.29) is 6.10 Å². The lowest BCUT2D eigenvalue weighted by molar-refractivity contribution is 0.182. The van der Waals surface area contributed by atoms with Gasteiger partial charge < -0.3 is 10.5 Å². The van der Waals surface area contributed by atoms with Crippen molar-refractivity contribution in [2.45, 2.75) is 18.9 Å². The van der Waals surface area contributed by atoms with Crippen molar-refractivity contribution >= 4 is 0 Å². The van der Waals surface area contributed by atoms with Gasteiger partial charge in [-0.15, -0.1) is 0 Å². The van der Waals surface area contributed by atoms with Crippen LogP contribution in [0.3, 0.4) is 0 Å². The zero-order valence-electron chi connectivity index (χ0n) is 13.6. The largest absolute Gasteiger partial charge is 0.488 e. The van der Waals surface area contributed by atoms with Gasteiger partial charge in [-0.2, -0.15) is 0 Å². The molecule has 4 rings (SSSR count). The molecule has 0 fully saturated rings. The molecule has 0 spiro atoms. The van der Waals surface area contributed by atoms with E-state index in [4.69, 9.17) is 10.5 Å². The maximum Gasteiger partial charge on any atom is 0.130 e. The van der Waals surface area contributed by atoms with Crippen molar-refractivity contribution in [3.63, 3.8) is 0 Å². The third kappa shape index (κ3) is 2.70. The van der Waals surface area contributed by atoms with Crippen LogP contribution in [0.25, 0.3) is 22.3 Å². The molecule has 0 saturated heterocycles. The summed E-state index contributed by atoms with van der Waals surface area (Å²) in [6.07, 6.45) is 2.13. The lowest BCUT2D eigenvalue weighted by Crippen LogP contribution is -2.30. The maximum atomic E-state index is 6.23. The zero-order chi connectivity index (χ0) is 16.4. The van der Waals surface area contributed by atoms with Crippen LogP contribution >= 0.6 is 0 Å². The van der Waals surface area contributed by atoms with Crippen molar-refractivity contribution in [3.05, 3.63) is 78.4 Å². The predicted molar refractivity (Wildman–Crippen MR) is 99.1 cm³/mol. The Bertz CT molecular complexity index is 842. The first-order chi connectivity index (χ1) is 11.9. The second-order valence-electron chi connectivity index (χ2n) is 6.22. The summed E-state index contributed by atoms with van der Waals surface area (Å²) in [5.74, 6) is 1.00. The third-order valence-corrected chi connectivity index (χ3v) is 4.68. The number of aryl methyl sites for hydroxylation is 1. The highest BCUT2D eigenvalue weighted by molar-refractivity contribution is 5.86. The normalized spacial score (nSPS) is 16.3. The molecule has 0 radical (unpaired) electrons. The molecule has 1 heterocycles. The molecule has 120 valence electrons. The van der Waals surface area contributed by atoms with Crippen LogP contribution in [0, 0.1) is 0 Å². The Morgan fingerprint density at radius 2 is 1.50 bits per heavy atom. The molecule has 0 amide bonds. The number of benzene rings is 3. The molecule has 0 aliphatic carbocycles. The predicted octanol–water partition coefficient (Wildman–Crippen LogP) is 4.67. The maximum absolute atomic E-state index is 6.23. The summed E-state index contributed by atoms with van der Waals surface area (Å²) in [4.78, 5) is 0. The second-order valence-corrected chi connectivity index (χ2v) is 6.22. The van der Waals surface area contributed by atoms with Crippen LogP contribution in [0.2, 0.25) is 0 Å². The molecule has 0 aromatic heterocycles. The van der Waals surface area contributed by atoms with Crippen LogP contribution < -0.4 is 10.5 Å². The van der Waals surface area contributed by atoms with Crippen LogP contribution in [-0.4, -0.2) is 12.6 Å². The van der Waals surface area contributed by atoms with Crippen LogP contribution in [0.5, 0.6) is 5.75 Å². The van der Waals surface area contributed by atoms with Crippen molar-refractivity contribution in [1.82, 2.24) is 0 Å². The average molecular weight is 315 g/mol. The Morgan fingerprint density at radius 3 is 2.29 bits per heavy atom. The smallest absolute Gasteiger partial charge is 0.130 e. The van der Waals surface area contributed by atoms with Gasteiger partial charge in [0, 0.05) is 12.1 Å². The van der Waals surface area contributed by atoms with Gasteiger partial charge in [0.05, 0.1) is 0 Å². The molecular weight excluding hydrogens is 294 g/mol. The molecule has 24 heavy (non-hydrogen) atoms. The molecule has 1 aliphatic rings. The van der Waals surface area contributed by atoms with Gasteiger partial charge in [0.15, 0.2) is 0 Å². The van der Waals surface area contributed by atoms with Crippen LogP contribution in [-0.2, 0) is 6.42 Å². The molecule has 3 aromatic rings. The zero-order valence-corrected chi connectivity index (χ0v) is 13.6. The van der Waals surface area contributed by atoms with Crippen LogP contribution in [0.4, 0.5) is 0 Å². The van der Waals surface area contributed by atoms with Crippen molar-refractivity contribution in [3.8, 4) is 28.0 Å². The minimum atomic E-state index is 0.113. The number of fused-ring (bicyclic) bond motifs is 1. The van der Waals surface area contributed by atoms with Gasteiger partial charge in [0.1, 0.15) is 11.9 Å². The molecule has 2 heteroatoms. The summed E-state index contributed by atoms with van der Waals surface area (Å²) in [6, 6.07) is 25.5. The van der Waals surface area contributed by atoms with E-state index in [9.17, 15) is 0 Å². The van der Waals surface area contributed by atoms with Gasteiger partial charge in [-0.25, -0.2) is 0 Å². The van der Waals surface area contributed by atoms with E-state index in [2.05, 4.69) is 66.7 Å². The Morgan fingerprint density at radius 1 is 0.792 bits per heavy atom. The second kappa shape index (κ2) is 6.50. The number of para-hydroxylation sites is 1. The van der Waals surface area contributed by atoms with Crippen molar-refractivity contribution in [2.75, 3.05) is 6.54 Å². The fourth-order valence-electron chi connectivity index (χ4n) is 3.43. The van der Waals surface area contributed by atoms with E-state index in [0.717, 1.165) is 24.2 Å². The minimum Gasteiger partial charge on any atom is -0.488 e. The molecular formula is C22H21NO. The van der Waals surface area contributed by atoms with Crippen LogP contribution in [0.15, 0.2) is 72.8 Å². The van der Waals surface area contributed by atoms with Crippen molar-refractivity contribution < 1.29 is 4.74 Å².